The summed E-state index contributed by atoms with van der Waals surface area (Å²) in [6.07, 6.45) is 1.23. The molecule has 3 amide bonds. The molecule has 3 aromatic rings. The molecule has 214 valence electrons. The molecular formula is C26H33N7O6S. The number of amidine groups is 1. The number of fused-ring (bicyclic) bond motifs is 1. The maximum atomic E-state index is 13.4. The standard InChI is InChI=1S/C26H33N7O6S/c1-2-40(38,39)33-22(11-17-14-30-20-8-7-18(34)12-19(17)20)26(37)32-21(9-10-23(27)35)25(36)31-13-15-3-5-16(6-4-15)24(28)29/h3-8,12,14,21-22,30,33-34H,2,9-11,13H2,1H3,(H2,27,35)(H3,28,29)(H,31,36)(H,32,37)/t21-,22+/m0/s1. The molecule has 2 aromatic carbocycles. The number of hydrogen-bond donors (Lipinski definition) is 8. The summed E-state index contributed by atoms with van der Waals surface area (Å²) in [4.78, 5) is 40.9. The number of phenolic OH excluding ortho intramolecular Hbond substituents is 1. The molecule has 0 saturated heterocycles. The number of aromatic nitrogens is 1. The normalized spacial score (nSPS) is 12.9. The first-order valence-corrected chi connectivity index (χ1v) is 14.1. The van der Waals surface area contributed by atoms with Gasteiger partial charge in [0.2, 0.25) is 27.7 Å². The van der Waals surface area contributed by atoms with E-state index in [0.717, 1.165) is 0 Å². The van der Waals surface area contributed by atoms with Crippen molar-refractivity contribution in [2.75, 3.05) is 5.75 Å². The van der Waals surface area contributed by atoms with Crippen molar-refractivity contribution < 1.29 is 27.9 Å². The van der Waals surface area contributed by atoms with E-state index < -0.39 is 39.8 Å². The number of carbonyl (C=O) groups is 3. The summed E-state index contributed by atoms with van der Waals surface area (Å²) >= 11 is 0. The number of carbonyl (C=O) groups excluding carboxylic acids is 3. The fraction of sp³-hybridized carbons (Fsp3) is 0.308. The maximum absolute atomic E-state index is 13.4. The summed E-state index contributed by atoms with van der Waals surface area (Å²) in [5.74, 6) is -2.42. The van der Waals surface area contributed by atoms with E-state index in [2.05, 4.69) is 20.3 Å². The molecule has 0 saturated carbocycles. The molecule has 40 heavy (non-hydrogen) atoms. The van der Waals surface area contributed by atoms with Crippen molar-refractivity contribution in [1.82, 2.24) is 20.3 Å². The Morgan fingerprint density at radius 1 is 1.05 bits per heavy atom. The summed E-state index contributed by atoms with van der Waals surface area (Å²) in [5.41, 5.74) is 13.2. The van der Waals surface area contributed by atoms with Crippen molar-refractivity contribution in [3.05, 3.63) is 65.4 Å². The van der Waals surface area contributed by atoms with Gasteiger partial charge < -0.3 is 32.2 Å². The summed E-state index contributed by atoms with van der Waals surface area (Å²) in [6, 6.07) is 8.79. The summed E-state index contributed by atoms with van der Waals surface area (Å²) < 4.78 is 27.2. The molecule has 0 bridgehead atoms. The molecule has 0 unspecified atom stereocenters. The number of nitrogens with two attached hydrogens (primary N) is 2. The molecule has 0 aliphatic heterocycles. The minimum atomic E-state index is -3.84. The highest BCUT2D eigenvalue weighted by Gasteiger charge is 2.29. The first-order valence-electron chi connectivity index (χ1n) is 12.5. The number of H-pyrrole nitrogens is 1. The van der Waals surface area contributed by atoms with E-state index in [9.17, 15) is 27.9 Å². The molecule has 3 rings (SSSR count). The van der Waals surface area contributed by atoms with Gasteiger partial charge in [0.05, 0.1) is 5.75 Å². The molecular weight excluding hydrogens is 538 g/mol. The fourth-order valence-corrected chi connectivity index (χ4v) is 4.78. The highest BCUT2D eigenvalue weighted by molar-refractivity contribution is 7.89. The predicted molar refractivity (Wildman–Crippen MR) is 150 cm³/mol. The zero-order valence-electron chi connectivity index (χ0n) is 21.9. The molecule has 0 aliphatic carbocycles. The first kappa shape index (κ1) is 30.1. The molecule has 1 heterocycles. The van der Waals surface area contributed by atoms with E-state index in [-0.39, 0.29) is 43.1 Å². The minimum Gasteiger partial charge on any atom is -0.508 e. The lowest BCUT2D eigenvalue weighted by molar-refractivity contribution is -0.130. The highest BCUT2D eigenvalue weighted by Crippen LogP contribution is 2.24. The lowest BCUT2D eigenvalue weighted by atomic mass is 10.0. The number of primary amides is 1. The van der Waals surface area contributed by atoms with Crippen LogP contribution in [0.5, 0.6) is 5.75 Å². The number of nitrogens with one attached hydrogen (secondary N) is 5. The van der Waals surface area contributed by atoms with Crippen LogP contribution in [0.15, 0.2) is 48.7 Å². The zero-order valence-corrected chi connectivity index (χ0v) is 22.7. The Bertz CT molecular complexity index is 1500. The highest BCUT2D eigenvalue weighted by atomic mass is 32.2. The Labute approximate surface area is 231 Å². The topological polar surface area (TPSA) is 233 Å². The molecule has 0 aliphatic rings. The van der Waals surface area contributed by atoms with Gasteiger partial charge in [-0.15, -0.1) is 0 Å². The molecule has 0 spiro atoms. The number of aromatic hydroxyl groups is 1. The van der Waals surface area contributed by atoms with Crippen LogP contribution in [-0.2, 0) is 37.4 Å². The number of nitrogen functional groups attached to an aromatic ring is 1. The van der Waals surface area contributed by atoms with Crippen LogP contribution in [0.25, 0.3) is 10.9 Å². The van der Waals surface area contributed by atoms with Crippen LogP contribution in [0.4, 0.5) is 0 Å². The van der Waals surface area contributed by atoms with Crippen molar-refractivity contribution in [3.63, 3.8) is 0 Å². The van der Waals surface area contributed by atoms with E-state index in [4.69, 9.17) is 16.9 Å². The molecule has 0 fully saturated rings. The quantitative estimate of drug-likeness (QED) is 0.0978. The number of phenols is 1. The zero-order chi connectivity index (χ0) is 29.4. The van der Waals surface area contributed by atoms with Crippen molar-refractivity contribution in [2.24, 2.45) is 11.5 Å². The van der Waals surface area contributed by atoms with Crippen LogP contribution >= 0.6 is 0 Å². The lowest BCUT2D eigenvalue weighted by Gasteiger charge is -2.23. The maximum Gasteiger partial charge on any atom is 0.242 e. The number of amides is 3. The summed E-state index contributed by atoms with van der Waals surface area (Å²) in [7, 11) is -3.84. The van der Waals surface area contributed by atoms with Gasteiger partial charge in [0, 0.05) is 35.6 Å². The Hall–Kier alpha value is -4.43. The Morgan fingerprint density at radius 3 is 2.38 bits per heavy atom. The number of benzene rings is 2. The van der Waals surface area contributed by atoms with Crippen molar-refractivity contribution in [2.45, 2.75) is 44.8 Å². The van der Waals surface area contributed by atoms with Gasteiger partial charge in [0.15, 0.2) is 0 Å². The third-order valence-corrected chi connectivity index (χ3v) is 7.64. The third kappa shape index (κ3) is 8.28. The van der Waals surface area contributed by atoms with Crippen LogP contribution in [0, 0.1) is 5.41 Å². The number of rotatable bonds is 14. The van der Waals surface area contributed by atoms with Crippen molar-refractivity contribution in [1.29, 1.82) is 5.41 Å². The van der Waals surface area contributed by atoms with Gasteiger partial charge >= 0.3 is 0 Å². The van der Waals surface area contributed by atoms with E-state index >= 15 is 0 Å². The minimum absolute atomic E-state index is 0.00242. The van der Waals surface area contributed by atoms with Gasteiger partial charge in [-0.1, -0.05) is 24.3 Å². The molecule has 0 radical (unpaired) electrons. The number of sulfonamides is 1. The Balaban J connectivity index is 1.79. The fourth-order valence-electron chi connectivity index (χ4n) is 3.99. The van der Waals surface area contributed by atoms with Crippen LogP contribution in [-0.4, -0.2) is 59.9 Å². The van der Waals surface area contributed by atoms with Gasteiger partial charge in [0.25, 0.3) is 0 Å². The largest absolute Gasteiger partial charge is 0.508 e. The van der Waals surface area contributed by atoms with Gasteiger partial charge in [-0.05, 0) is 49.1 Å². The van der Waals surface area contributed by atoms with Crippen LogP contribution in [0.3, 0.4) is 0 Å². The van der Waals surface area contributed by atoms with E-state index in [1.165, 1.54) is 19.1 Å². The van der Waals surface area contributed by atoms with Crippen molar-refractivity contribution >= 4 is 44.5 Å². The first-order chi connectivity index (χ1) is 18.9. The SMILES string of the molecule is CCS(=O)(=O)N[C@H](Cc1c[nH]c2ccc(O)cc12)C(=O)N[C@@H](CCC(N)=O)C(=O)NCc1ccc(C(=N)N)cc1. The second kappa shape index (κ2) is 13.1. The molecule has 2 atom stereocenters. The molecule has 14 heteroatoms. The summed E-state index contributed by atoms with van der Waals surface area (Å²) in [6.45, 7) is 1.51. The lowest BCUT2D eigenvalue weighted by Crippen LogP contribution is -2.54. The number of hydrogen-bond acceptors (Lipinski definition) is 7. The van der Waals surface area contributed by atoms with Gasteiger partial charge in [-0.25, -0.2) is 13.1 Å². The smallest absolute Gasteiger partial charge is 0.242 e. The van der Waals surface area contributed by atoms with Crippen LogP contribution in [0.2, 0.25) is 0 Å². The van der Waals surface area contributed by atoms with Crippen molar-refractivity contribution in [3.8, 4) is 5.75 Å². The third-order valence-electron chi connectivity index (χ3n) is 6.24. The summed E-state index contributed by atoms with van der Waals surface area (Å²) in [5, 5.41) is 23.2. The van der Waals surface area contributed by atoms with Gasteiger partial charge in [-0.2, -0.15) is 0 Å². The second-order valence-electron chi connectivity index (χ2n) is 9.22. The van der Waals surface area contributed by atoms with Gasteiger partial charge in [-0.3, -0.25) is 19.8 Å². The van der Waals surface area contributed by atoms with Crippen LogP contribution in [0.1, 0.15) is 36.5 Å². The molecule has 13 nitrogen and oxygen atoms in total. The Morgan fingerprint density at radius 2 is 1.75 bits per heavy atom. The predicted octanol–water partition coefficient (Wildman–Crippen LogP) is 0.0747. The van der Waals surface area contributed by atoms with E-state index in [1.54, 1.807) is 36.5 Å². The van der Waals surface area contributed by atoms with E-state index in [0.29, 0.717) is 27.6 Å². The average Bonchev–Trinajstić information content (AvgIpc) is 3.30. The molecule has 10 N–H and O–H groups in total. The number of aromatic amines is 1. The van der Waals surface area contributed by atoms with Crippen LogP contribution < -0.4 is 26.8 Å². The average molecular weight is 572 g/mol. The molecule has 1 aromatic heterocycles. The second-order valence-corrected chi connectivity index (χ2v) is 11.3. The van der Waals surface area contributed by atoms with Gasteiger partial charge in [0.1, 0.15) is 23.7 Å². The Kier molecular flexibility index (Phi) is 9.85. The van der Waals surface area contributed by atoms with E-state index in [1.807, 2.05) is 0 Å². The monoisotopic (exact) mass is 571 g/mol.